The lowest BCUT2D eigenvalue weighted by Gasteiger charge is -2.42. The zero-order chi connectivity index (χ0) is 18.0. The molecule has 25 heavy (non-hydrogen) atoms. The largest absolute Gasteiger partial charge is 0.480 e. The Kier molecular flexibility index (Phi) is 5.27. The van der Waals surface area contributed by atoms with E-state index >= 15 is 0 Å². The summed E-state index contributed by atoms with van der Waals surface area (Å²) in [6.07, 6.45) is 4.06. The Morgan fingerprint density at radius 2 is 1.96 bits per heavy atom. The number of rotatable bonds is 7. The van der Waals surface area contributed by atoms with Gasteiger partial charge in [-0.15, -0.1) is 0 Å². The summed E-state index contributed by atoms with van der Waals surface area (Å²) >= 11 is 0. The van der Waals surface area contributed by atoms with Crippen molar-refractivity contribution in [1.29, 1.82) is 0 Å². The minimum atomic E-state index is -0.773. The second kappa shape index (κ2) is 7.44. The van der Waals surface area contributed by atoms with Crippen molar-refractivity contribution in [1.82, 2.24) is 10.2 Å². The molecule has 2 fully saturated rings. The number of carboxylic acid groups (broad SMARTS) is 1. The number of urea groups is 1. The Labute approximate surface area is 148 Å². The molecule has 0 saturated heterocycles. The lowest BCUT2D eigenvalue weighted by Crippen LogP contribution is -2.55. The normalized spacial score (nSPS) is 22.4. The van der Waals surface area contributed by atoms with Gasteiger partial charge in [-0.1, -0.05) is 12.1 Å². The zero-order valence-corrected chi connectivity index (χ0v) is 14.9. The molecule has 0 aromatic heterocycles. The zero-order valence-electron chi connectivity index (χ0n) is 14.9. The van der Waals surface area contributed by atoms with Gasteiger partial charge in [-0.3, -0.25) is 9.69 Å². The number of anilines is 1. The van der Waals surface area contributed by atoms with E-state index in [9.17, 15) is 9.59 Å². The van der Waals surface area contributed by atoms with Crippen LogP contribution in [0.2, 0.25) is 0 Å². The Hall–Kier alpha value is -2.08. The third kappa shape index (κ3) is 4.95. The number of nitrogens with one attached hydrogen (secondary N) is 2. The van der Waals surface area contributed by atoms with Crippen LogP contribution in [0, 0.1) is 19.8 Å². The average Bonchev–Trinajstić information content (AvgIpc) is 3.29. The predicted octanol–water partition coefficient (Wildman–Crippen LogP) is 2.75. The summed E-state index contributed by atoms with van der Waals surface area (Å²) in [6.45, 7) is 4.94. The van der Waals surface area contributed by atoms with E-state index in [4.69, 9.17) is 5.11 Å². The van der Waals surface area contributed by atoms with Gasteiger partial charge in [0.2, 0.25) is 0 Å². The summed E-state index contributed by atoms with van der Waals surface area (Å²) in [4.78, 5) is 25.3. The number of nitrogens with zero attached hydrogens (tertiary/aromatic N) is 1. The van der Waals surface area contributed by atoms with Crippen LogP contribution >= 0.6 is 0 Å². The molecule has 1 aromatic rings. The second-order valence-electron chi connectivity index (χ2n) is 7.51. The first-order valence-corrected chi connectivity index (χ1v) is 9.01. The number of aliphatic carboxylic acids is 1. The van der Waals surface area contributed by atoms with Crippen LogP contribution in [0.15, 0.2) is 18.2 Å². The molecule has 0 unspecified atom stereocenters. The Morgan fingerprint density at radius 3 is 2.60 bits per heavy atom. The predicted molar refractivity (Wildman–Crippen MR) is 96.8 cm³/mol. The molecule has 3 rings (SSSR count). The van der Waals surface area contributed by atoms with E-state index in [1.807, 2.05) is 32.0 Å². The highest BCUT2D eigenvalue weighted by Crippen LogP contribution is 2.33. The first-order chi connectivity index (χ1) is 11.9. The molecule has 2 saturated carbocycles. The van der Waals surface area contributed by atoms with E-state index in [1.54, 1.807) is 0 Å². The molecule has 2 aliphatic rings. The SMILES string of the molecule is Cc1ccc(C)c(NC(=O)NC2CC(N(CC(=O)O)CC3CC3)C2)c1. The molecule has 6 nitrogen and oxygen atoms in total. The Morgan fingerprint density at radius 1 is 1.24 bits per heavy atom. The molecule has 0 aliphatic heterocycles. The summed E-state index contributed by atoms with van der Waals surface area (Å²) in [5.41, 5.74) is 2.97. The number of aryl methyl sites for hydroxylation is 2. The molecule has 1 aromatic carbocycles. The quantitative estimate of drug-likeness (QED) is 0.710. The van der Waals surface area contributed by atoms with Crippen molar-refractivity contribution in [3.63, 3.8) is 0 Å². The maximum Gasteiger partial charge on any atom is 0.319 e. The molecule has 2 amide bonds. The van der Waals surface area contributed by atoms with Crippen LogP contribution < -0.4 is 10.6 Å². The molecule has 3 N–H and O–H groups in total. The molecule has 0 atom stereocenters. The first kappa shape index (κ1) is 17.7. The highest BCUT2D eigenvalue weighted by atomic mass is 16.4. The van der Waals surface area contributed by atoms with Gasteiger partial charge < -0.3 is 15.7 Å². The molecule has 0 spiro atoms. The van der Waals surface area contributed by atoms with Gasteiger partial charge in [-0.05, 0) is 62.6 Å². The van der Waals surface area contributed by atoms with E-state index in [1.165, 1.54) is 12.8 Å². The third-order valence-electron chi connectivity index (χ3n) is 5.13. The van der Waals surface area contributed by atoms with Gasteiger partial charge in [-0.2, -0.15) is 0 Å². The number of carboxylic acids is 1. The number of carbonyl (C=O) groups is 2. The maximum absolute atomic E-state index is 12.2. The fourth-order valence-corrected chi connectivity index (χ4v) is 3.37. The average molecular weight is 345 g/mol. The summed E-state index contributed by atoms with van der Waals surface area (Å²) in [7, 11) is 0. The molecule has 0 heterocycles. The van der Waals surface area contributed by atoms with E-state index in [0.29, 0.717) is 5.92 Å². The van der Waals surface area contributed by atoms with Crippen molar-refractivity contribution in [2.24, 2.45) is 5.92 Å². The van der Waals surface area contributed by atoms with Crippen LogP contribution in [-0.2, 0) is 4.79 Å². The van der Waals surface area contributed by atoms with Crippen molar-refractivity contribution in [3.8, 4) is 0 Å². The minimum Gasteiger partial charge on any atom is -0.480 e. The van der Waals surface area contributed by atoms with Gasteiger partial charge in [0, 0.05) is 24.3 Å². The third-order valence-corrected chi connectivity index (χ3v) is 5.13. The second-order valence-corrected chi connectivity index (χ2v) is 7.51. The van der Waals surface area contributed by atoms with E-state index in [-0.39, 0.29) is 24.7 Å². The smallest absolute Gasteiger partial charge is 0.319 e. The highest BCUT2D eigenvalue weighted by Gasteiger charge is 2.37. The lowest BCUT2D eigenvalue weighted by atomic mass is 9.85. The lowest BCUT2D eigenvalue weighted by molar-refractivity contribution is -0.139. The number of amides is 2. The topological polar surface area (TPSA) is 81.7 Å². The molecule has 6 heteroatoms. The van der Waals surface area contributed by atoms with Gasteiger partial charge in [0.1, 0.15) is 0 Å². The van der Waals surface area contributed by atoms with E-state index in [2.05, 4.69) is 15.5 Å². The number of hydrogen-bond acceptors (Lipinski definition) is 3. The molecular formula is C19H27N3O3. The number of carbonyl (C=O) groups excluding carboxylic acids is 1. The monoisotopic (exact) mass is 345 g/mol. The van der Waals surface area contributed by atoms with Crippen LogP contribution in [0.3, 0.4) is 0 Å². The van der Waals surface area contributed by atoms with Crippen LogP contribution in [0.5, 0.6) is 0 Å². The van der Waals surface area contributed by atoms with Crippen LogP contribution in [0.25, 0.3) is 0 Å². The molecule has 136 valence electrons. The number of hydrogen-bond donors (Lipinski definition) is 3. The van der Waals surface area contributed by atoms with Crippen molar-refractivity contribution in [2.45, 2.75) is 51.6 Å². The Bertz CT molecular complexity index is 651. The van der Waals surface area contributed by atoms with Gasteiger partial charge in [0.05, 0.1) is 6.54 Å². The van der Waals surface area contributed by atoms with Gasteiger partial charge in [0.15, 0.2) is 0 Å². The summed E-state index contributed by atoms with van der Waals surface area (Å²) < 4.78 is 0. The van der Waals surface area contributed by atoms with Crippen molar-refractivity contribution >= 4 is 17.7 Å². The molecule has 0 bridgehead atoms. The number of benzene rings is 1. The standard InChI is InChI=1S/C19H27N3O3/c1-12-3-4-13(2)17(7-12)21-19(25)20-15-8-16(9-15)22(11-18(23)24)10-14-5-6-14/h3-4,7,14-16H,5-6,8-11H2,1-2H3,(H,23,24)(H2,20,21,25). The first-order valence-electron chi connectivity index (χ1n) is 9.01. The Balaban J connectivity index is 1.46. The van der Waals surface area contributed by atoms with Crippen molar-refractivity contribution < 1.29 is 14.7 Å². The van der Waals surface area contributed by atoms with E-state index in [0.717, 1.165) is 36.2 Å². The minimum absolute atomic E-state index is 0.0998. The van der Waals surface area contributed by atoms with Crippen LogP contribution in [0.1, 0.15) is 36.8 Å². The van der Waals surface area contributed by atoms with Gasteiger partial charge >= 0.3 is 12.0 Å². The van der Waals surface area contributed by atoms with Crippen LogP contribution in [0.4, 0.5) is 10.5 Å². The molecule has 2 aliphatic carbocycles. The fraction of sp³-hybridized carbons (Fsp3) is 0.579. The summed E-state index contributed by atoms with van der Waals surface area (Å²) in [5, 5.41) is 15.0. The van der Waals surface area contributed by atoms with Gasteiger partial charge in [-0.25, -0.2) is 4.79 Å². The summed E-state index contributed by atoms with van der Waals surface area (Å²) in [6, 6.07) is 6.16. The van der Waals surface area contributed by atoms with Crippen molar-refractivity contribution in [2.75, 3.05) is 18.4 Å². The van der Waals surface area contributed by atoms with E-state index < -0.39 is 5.97 Å². The fourth-order valence-electron chi connectivity index (χ4n) is 3.37. The molecule has 0 radical (unpaired) electrons. The van der Waals surface area contributed by atoms with Gasteiger partial charge in [0.25, 0.3) is 0 Å². The highest BCUT2D eigenvalue weighted by molar-refractivity contribution is 5.90. The van der Waals surface area contributed by atoms with Crippen molar-refractivity contribution in [3.05, 3.63) is 29.3 Å². The molecular weight excluding hydrogens is 318 g/mol. The maximum atomic E-state index is 12.2. The van der Waals surface area contributed by atoms with Crippen LogP contribution in [-0.4, -0.2) is 47.2 Å². The summed E-state index contributed by atoms with van der Waals surface area (Å²) in [5.74, 6) is -0.108.